The summed E-state index contributed by atoms with van der Waals surface area (Å²) >= 11 is 0. The molecule has 2 aromatic rings. The molecule has 0 saturated heterocycles. The van der Waals surface area contributed by atoms with Gasteiger partial charge in [-0.15, -0.1) is 0 Å². The normalized spacial score (nSPS) is 11.1. The molecule has 2 rings (SSSR count). The summed E-state index contributed by atoms with van der Waals surface area (Å²) in [5, 5.41) is 9.21. The highest BCUT2D eigenvalue weighted by Gasteiger charge is 2.06. The van der Waals surface area contributed by atoms with Gasteiger partial charge in [0.25, 0.3) is 5.91 Å². The first-order chi connectivity index (χ1) is 13.5. The monoisotopic (exact) mass is 386 g/mol. The maximum atomic E-state index is 13.1. The minimum Gasteiger partial charge on any atom is -0.497 e. The number of aryl methyl sites for hydroxylation is 1. The number of aliphatic imine (C=N–C) groups is 1. The second-order valence-electron chi connectivity index (χ2n) is 6.23. The average Bonchev–Trinajstić information content (AvgIpc) is 2.71. The van der Waals surface area contributed by atoms with Crippen LogP contribution in [0.2, 0.25) is 0 Å². The van der Waals surface area contributed by atoms with Gasteiger partial charge in [-0.2, -0.15) is 0 Å². The Hall–Kier alpha value is -3.09. The summed E-state index contributed by atoms with van der Waals surface area (Å²) in [7, 11) is 3.25. The molecule has 3 N–H and O–H groups in total. The van der Waals surface area contributed by atoms with Gasteiger partial charge in [-0.3, -0.25) is 9.79 Å². The maximum Gasteiger partial charge on any atom is 0.251 e. The van der Waals surface area contributed by atoms with Gasteiger partial charge in [0.05, 0.1) is 7.11 Å². The highest BCUT2D eigenvalue weighted by molar-refractivity contribution is 5.94. The van der Waals surface area contributed by atoms with Gasteiger partial charge in [-0.05, 0) is 54.8 Å². The van der Waals surface area contributed by atoms with E-state index in [0.717, 1.165) is 17.5 Å². The molecular formula is C21H27FN4O2. The van der Waals surface area contributed by atoms with Crippen molar-refractivity contribution in [3.05, 3.63) is 65.0 Å². The zero-order chi connectivity index (χ0) is 20.4. The second-order valence-corrected chi connectivity index (χ2v) is 6.23. The molecule has 0 aliphatic carbocycles. The van der Waals surface area contributed by atoms with Crippen LogP contribution < -0.4 is 20.7 Å². The van der Waals surface area contributed by atoms with Gasteiger partial charge in [0.15, 0.2) is 5.96 Å². The summed E-state index contributed by atoms with van der Waals surface area (Å²) in [4.78, 5) is 16.3. The van der Waals surface area contributed by atoms with Crippen molar-refractivity contribution in [2.24, 2.45) is 4.99 Å². The van der Waals surface area contributed by atoms with E-state index in [-0.39, 0.29) is 11.7 Å². The van der Waals surface area contributed by atoms with Crippen LogP contribution in [0, 0.1) is 12.7 Å². The van der Waals surface area contributed by atoms with Crippen LogP contribution in [-0.4, -0.2) is 45.7 Å². The first kappa shape index (κ1) is 21.2. The van der Waals surface area contributed by atoms with E-state index < -0.39 is 0 Å². The molecule has 0 atom stereocenters. The molecule has 0 bridgehead atoms. The molecule has 0 unspecified atom stereocenters. The molecule has 0 saturated carbocycles. The Morgan fingerprint density at radius 2 is 1.82 bits per heavy atom. The lowest BCUT2D eigenvalue weighted by Gasteiger charge is -2.13. The zero-order valence-corrected chi connectivity index (χ0v) is 16.5. The number of benzene rings is 2. The van der Waals surface area contributed by atoms with E-state index in [1.165, 1.54) is 12.1 Å². The van der Waals surface area contributed by atoms with Gasteiger partial charge in [0.2, 0.25) is 0 Å². The quantitative estimate of drug-likeness (QED) is 0.370. The van der Waals surface area contributed by atoms with Gasteiger partial charge in [0.1, 0.15) is 11.6 Å². The van der Waals surface area contributed by atoms with Gasteiger partial charge >= 0.3 is 0 Å². The molecule has 0 spiro atoms. The van der Waals surface area contributed by atoms with Crippen molar-refractivity contribution in [3.63, 3.8) is 0 Å². The highest BCUT2D eigenvalue weighted by Crippen LogP contribution is 2.12. The number of methoxy groups -OCH3 is 1. The fourth-order valence-electron chi connectivity index (χ4n) is 2.70. The predicted octanol–water partition coefficient (Wildman–Crippen LogP) is 2.28. The number of ether oxygens (including phenoxy) is 1. The SMILES string of the molecule is CN=C(NCCNC(=O)c1cccc(OC)c1)NCCc1ccc(F)cc1C. The minimum absolute atomic E-state index is 0.157. The van der Waals surface area contributed by atoms with Crippen LogP contribution in [0.25, 0.3) is 0 Å². The standard InChI is InChI=1S/C21H27FN4O2/c1-15-13-18(22)8-7-16(15)9-10-25-21(23-2)26-12-11-24-20(27)17-5-4-6-19(14-17)28-3/h4-8,13-14H,9-12H2,1-3H3,(H,24,27)(H2,23,25,26). The summed E-state index contributed by atoms with van der Waals surface area (Å²) in [6.07, 6.45) is 0.763. The number of nitrogens with zero attached hydrogens (tertiary/aromatic N) is 1. The van der Waals surface area contributed by atoms with Gasteiger partial charge in [-0.25, -0.2) is 4.39 Å². The largest absolute Gasteiger partial charge is 0.497 e. The lowest BCUT2D eigenvalue weighted by Crippen LogP contribution is -2.42. The third kappa shape index (κ3) is 6.57. The Morgan fingerprint density at radius 3 is 2.54 bits per heavy atom. The lowest BCUT2D eigenvalue weighted by atomic mass is 10.1. The molecule has 6 nitrogen and oxygen atoms in total. The topological polar surface area (TPSA) is 74.8 Å². The molecule has 28 heavy (non-hydrogen) atoms. The third-order valence-corrected chi connectivity index (χ3v) is 4.25. The lowest BCUT2D eigenvalue weighted by molar-refractivity contribution is 0.0954. The molecule has 0 aliphatic heterocycles. The second kappa shape index (κ2) is 10.9. The zero-order valence-electron chi connectivity index (χ0n) is 16.5. The van der Waals surface area contributed by atoms with Crippen LogP contribution in [0.3, 0.4) is 0 Å². The number of guanidine groups is 1. The van der Waals surface area contributed by atoms with Gasteiger partial charge < -0.3 is 20.7 Å². The van der Waals surface area contributed by atoms with Gasteiger partial charge in [0, 0.05) is 32.2 Å². The molecule has 1 amide bonds. The molecular weight excluding hydrogens is 359 g/mol. The van der Waals surface area contributed by atoms with E-state index in [1.807, 2.05) is 6.92 Å². The first-order valence-electron chi connectivity index (χ1n) is 9.15. The summed E-state index contributed by atoms with van der Waals surface area (Å²) in [5.41, 5.74) is 2.58. The van der Waals surface area contributed by atoms with Crippen LogP contribution in [0.1, 0.15) is 21.5 Å². The number of carbonyl (C=O) groups excluding carboxylic acids is 1. The molecule has 0 aliphatic rings. The van der Waals surface area contributed by atoms with Crippen molar-refractivity contribution < 1.29 is 13.9 Å². The molecule has 0 aromatic heterocycles. The van der Waals surface area contributed by atoms with Crippen LogP contribution in [0.15, 0.2) is 47.5 Å². The van der Waals surface area contributed by atoms with E-state index in [2.05, 4.69) is 20.9 Å². The van der Waals surface area contributed by atoms with Crippen LogP contribution >= 0.6 is 0 Å². The molecule has 0 fully saturated rings. The van der Waals surface area contributed by atoms with Crippen molar-refractivity contribution in [2.45, 2.75) is 13.3 Å². The van der Waals surface area contributed by atoms with Crippen molar-refractivity contribution in [2.75, 3.05) is 33.8 Å². The van der Waals surface area contributed by atoms with E-state index in [0.29, 0.717) is 36.9 Å². The van der Waals surface area contributed by atoms with E-state index in [9.17, 15) is 9.18 Å². The first-order valence-corrected chi connectivity index (χ1v) is 9.15. The predicted molar refractivity (Wildman–Crippen MR) is 110 cm³/mol. The van der Waals surface area contributed by atoms with Crippen molar-refractivity contribution in [3.8, 4) is 5.75 Å². The third-order valence-electron chi connectivity index (χ3n) is 4.25. The van der Waals surface area contributed by atoms with E-state index in [4.69, 9.17) is 4.74 Å². The number of hydrogen-bond acceptors (Lipinski definition) is 3. The van der Waals surface area contributed by atoms with Crippen LogP contribution in [0.5, 0.6) is 5.75 Å². The van der Waals surface area contributed by atoms with Gasteiger partial charge in [-0.1, -0.05) is 12.1 Å². The van der Waals surface area contributed by atoms with Crippen molar-refractivity contribution in [1.29, 1.82) is 0 Å². The Kier molecular flexibility index (Phi) is 8.27. The van der Waals surface area contributed by atoms with Crippen LogP contribution in [0.4, 0.5) is 4.39 Å². The molecule has 2 aromatic carbocycles. The molecule has 0 heterocycles. The summed E-state index contributed by atoms with van der Waals surface area (Å²) in [5.74, 6) is 0.917. The van der Waals surface area contributed by atoms with E-state index in [1.54, 1.807) is 44.5 Å². The number of halogens is 1. The Balaban J connectivity index is 1.69. The number of carbonyl (C=O) groups is 1. The minimum atomic E-state index is -0.220. The fourth-order valence-corrected chi connectivity index (χ4v) is 2.70. The van der Waals surface area contributed by atoms with Crippen molar-refractivity contribution >= 4 is 11.9 Å². The number of rotatable bonds is 8. The smallest absolute Gasteiger partial charge is 0.251 e. The Bertz CT molecular complexity index is 824. The molecule has 0 radical (unpaired) electrons. The number of hydrogen-bond donors (Lipinski definition) is 3. The van der Waals surface area contributed by atoms with E-state index >= 15 is 0 Å². The maximum absolute atomic E-state index is 13.1. The number of nitrogens with one attached hydrogen (secondary N) is 3. The highest BCUT2D eigenvalue weighted by atomic mass is 19.1. The van der Waals surface area contributed by atoms with Crippen LogP contribution in [-0.2, 0) is 6.42 Å². The average molecular weight is 386 g/mol. The summed E-state index contributed by atoms with van der Waals surface area (Å²) < 4.78 is 18.3. The molecule has 150 valence electrons. The fraction of sp³-hybridized carbons (Fsp3) is 0.333. The number of amides is 1. The Labute approximate surface area is 165 Å². The molecule has 7 heteroatoms. The van der Waals surface area contributed by atoms with Crippen molar-refractivity contribution in [1.82, 2.24) is 16.0 Å². The summed E-state index contributed by atoms with van der Waals surface area (Å²) in [6, 6.07) is 11.8. The Morgan fingerprint density at radius 1 is 1.07 bits per heavy atom. The summed E-state index contributed by atoms with van der Waals surface area (Å²) in [6.45, 7) is 3.55.